The minimum absolute atomic E-state index is 0.0790. The van der Waals surface area contributed by atoms with Crippen molar-refractivity contribution >= 4 is 5.97 Å². The Hall–Kier alpha value is -1.56. The van der Waals surface area contributed by atoms with E-state index >= 15 is 0 Å². The van der Waals surface area contributed by atoms with E-state index in [4.69, 9.17) is 10.8 Å². The van der Waals surface area contributed by atoms with Crippen molar-refractivity contribution in [3.63, 3.8) is 0 Å². The molecule has 0 amide bonds. The molecular formula is C11H12F3NO2. The third-order valence-corrected chi connectivity index (χ3v) is 2.48. The van der Waals surface area contributed by atoms with E-state index in [1.54, 1.807) is 0 Å². The number of carboxylic acids is 1. The molecule has 94 valence electrons. The summed E-state index contributed by atoms with van der Waals surface area (Å²) in [5.74, 6) is -4.60. The Morgan fingerprint density at radius 1 is 1.29 bits per heavy atom. The van der Waals surface area contributed by atoms with Crippen LogP contribution in [0.3, 0.4) is 0 Å². The molecule has 0 unspecified atom stereocenters. The Morgan fingerprint density at radius 2 is 1.82 bits per heavy atom. The molecule has 1 aromatic rings. The smallest absolute Gasteiger partial charge is 0.303 e. The van der Waals surface area contributed by atoms with Gasteiger partial charge in [-0.3, -0.25) is 4.79 Å². The van der Waals surface area contributed by atoms with Gasteiger partial charge in [-0.1, -0.05) is 0 Å². The highest BCUT2D eigenvalue weighted by Crippen LogP contribution is 2.27. The fourth-order valence-electron chi connectivity index (χ4n) is 1.46. The average Bonchev–Trinajstić information content (AvgIpc) is 2.20. The lowest BCUT2D eigenvalue weighted by Gasteiger charge is -2.25. The fourth-order valence-corrected chi connectivity index (χ4v) is 1.46. The number of hydrogen-bond acceptors (Lipinski definition) is 2. The molecule has 3 nitrogen and oxygen atoms in total. The fraction of sp³-hybridized carbons (Fsp3) is 0.364. The number of carbonyl (C=O) groups is 1. The first-order valence-electron chi connectivity index (χ1n) is 4.90. The second-order valence-electron chi connectivity index (χ2n) is 4.06. The Balaban J connectivity index is 3.05. The predicted molar refractivity (Wildman–Crippen MR) is 54.7 cm³/mol. The lowest BCUT2D eigenvalue weighted by atomic mass is 9.88. The number of hydrogen-bond donors (Lipinski definition) is 2. The molecule has 1 rings (SSSR count). The van der Waals surface area contributed by atoms with Crippen LogP contribution >= 0.6 is 0 Å². The summed E-state index contributed by atoms with van der Waals surface area (Å²) in [5, 5.41) is 8.51. The van der Waals surface area contributed by atoms with Gasteiger partial charge in [0, 0.05) is 23.6 Å². The summed E-state index contributed by atoms with van der Waals surface area (Å²) >= 11 is 0. The molecule has 0 saturated carbocycles. The quantitative estimate of drug-likeness (QED) is 0.801. The minimum atomic E-state index is -1.36. The van der Waals surface area contributed by atoms with Crippen LogP contribution in [-0.4, -0.2) is 11.1 Å². The Kier molecular flexibility index (Phi) is 3.77. The standard InChI is InChI=1S/C11H12F3NO2/c1-11(15,3-2-10(16)17)6-4-8(13)9(14)5-7(6)12/h4-5H,2-3,15H2,1H3,(H,16,17)/t11-/m0/s1. The van der Waals surface area contributed by atoms with Crippen LogP contribution in [0.4, 0.5) is 13.2 Å². The first-order valence-corrected chi connectivity index (χ1v) is 4.90. The van der Waals surface area contributed by atoms with Gasteiger partial charge in [0.05, 0.1) is 0 Å². The zero-order valence-corrected chi connectivity index (χ0v) is 9.14. The molecule has 0 bridgehead atoms. The zero-order valence-electron chi connectivity index (χ0n) is 9.14. The van der Waals surface area contributed by atoms with Gasteiger partial charge in [-0.05, 0) is 19.4 Å². The van der Waals surface area contributed by atoms with E-state index in [1.165, 1.54) is 6.92 Å². The van der Waals surface area contributed by atoms with Crippen molar-refractivity contribution in [2.24, 2.45) is 5.73 Å². The molecule has 0 aliphatic heterocycles. The van der Waals surface area contributed by atoms with E-state index in [1.807, 2.05) is 0 Å². The van der Waals surface area contributed by atoms with Crippen molar-refractivity contribution in [1.82, 2.24) is 0 Å². The van der Waals surface area contributed by atoms with Crippen LogP contribution < -0.4 is 5.73 Å². The molecule has 1 aromatic carbocycles. The Morgan fingerprint density at radius 3 is 2.35 bits per heavy atom. The topological polar surface area (TPSA) is 63.3 Å². The molecule has 1 atom stereocenters. The molecule has 17 heavy (non-hydrogen) atoms. The van der Waals surface area contributed by atoms with E-state index in [9.17, 15) is 18.0 Å². The van der Waals surface area contributed by atoms with Gasteiger partial charge in [0.25, 0.3) is 0 Å². The third-order valence-electron chi connectivity index (χ3n) is 2.48. The van der Waals surface area contributed by atoms with Gasteiger partial charge in [-0.15, -0.1) is 0 Å². The van der Waals surface area contributed by atoms with Crippen molar-refractivity contribution in [3.05, 3.63) is 35.1 Å². The second-order valence-corrected chi connectivity index (χ2v) is 4.06. The molecule has 6 heteroatoms. The maximum Gasteiger partial charge on any atom is 0.303 e. The van der Waals surface area contributed by atoms with E-state index in [2.05, 4.69) is 0 Å². The highest BCUT2D eigenvalue weighted by atomic mass is 19.2. The molecule has 0 aliphatic rings. The normalized spacial score (nSPS) is 14.4. The molecular weight excluding hydrogens is 235 g/mol. The maximum absolute atomic E-state index is 13.4. The van der Waals surface area contributed by atoms with Crippen molar-refractivity contribution in [2.75, 3.05) is 0 Å². The molecule has 0 fully saturated rings. The summed E-state index contributed by atoms with van der Waals surface area (Å²) in [6.07, 6.45) is -0.365. The monoisotopic (exact) mass is 247 g/mol. The maximum atomic E-state index is 13.4. The predicted octanol–water partition coefficient (Wildman–Crippen LogP) is 2.14. The van der Waals surface area contributed by atoms with E-state index in [-0.39, 0.29) is 18.4 Å². The van der Waals surface area contributed by atoms with E-state index < -0.39 is 29.0 Å². The zero-order chi connectivity index (χ0) is 13.2. The average molecular weight is 247 g/mol. The lowest BCUT2D eigenvalue weighted by molar-refractivity contribution is -0.137. The lowest BCUT2D eigenvalue weighted by Crippen LogP contribution is -2.35. The van der Waals surface area contributed by atoms with E-state index in [0.29, 0.717) is 12.1 Å². The SMILES string of the molecule is C[C@](N)(CCC(=O)O)c1cc(F)c(F)cc1F. The van der Waals surface area contributed by atoms with Gasteiger partial charge < -0.3 is 10.8 Å². The van der Waals surface area contributed by atoms with Gasteiger partial charge >= 0.3 is 5.97 Å². The van der Waals surface area contributed by atoms with Crippen LogP contribution in [0.25, 0.3) is 0 Å². The molecule has 0 saturated heterocycles. The molecule has 0 radical (unpaired) electrons. The highest BCUT2D eigenvalue weighted by molar-refractivity contribution is 5.66. The number of benzene rings is 1. The minimum Gasteiger partial charge on any atom is -0.481 e. The molecule has 3 N–H and O–H groups in total. The van der Waals surface area contributed by atoms with Crippen molar-refractivity contribution < 1.29 is 23.1 Å². The summed E-state index contributed by atoms with van der Waals surface area (Å²) < 4.78 is 39.1. The summed E-state index contributed by atoms with van der Waals surface area (Å²) in [4.78, 5) is 10.4. The molecule has 0 aromatic heterocycles. The Bertz CT molecular complexity index is 447. The molecule has 0 heterocycles. The highest BCUT2D eigenvalue weighted by Gasteiger charge is 2.27. The summed E-state index contributed by atoms with van der Waals surface area (Å²) in [5.41, 5.74) is 4.11. The molecule has 0 spiro atoms. The van der Waals surface area contributed by atoms with Gasteiger partial charge in [0.1, 0.15) is 5.82 Å². The van der Waals surface area contributed by atoms with Gasteiger partial charge in [-0.25, -0.2) is 13.2 Å². The van der Waals surface area contributed by atoms with Gasteiger partial charge in [0.15, 0.2) is 11.6 Å². The van der Waals surface area contributed by atoms with Crippen LogP contribution in [0.5, 0.6) is 0 Å². The van der Waals surface area contributed by atoms with Gasteiger partial charge in [-0.2, -0.15) is 0 Å². The summed E-state index contributed by atoms with van der Waals surface area (Å²) in [6.45, 7) is 1.37. The summed E-state index contributed by atoms with van der Waals surface area (Å²) in [7, 11) is 0. The third kappa shape index (κ3) is 3.20. The second kappa shape index (κ2) is 4.75. The van der Waals surface area contributed by atoms with Crippen LogP contribution in [0.15, 0.2) is 12.1 Å². The van der Waals surface area contributed by atoms with Crippen molar-refractivity contribution in [3.8, 4) is 0 Å². The van der Waals surface area contributed by atoms with Crippen LogP contribution in [-0.2, 0) is 10.3 Å². The first kappa shape index (κ1) is 13.5. The number of carboxylic acid groups (broad SMARTS) is 1. The Labute approximate surface area is 96.0 Å². The number of rotatable bonds is 4. The number of halogens is 3. The largest absolute Gasteiger partial charge is 0.481 e. The first-order chi connectivity index (χ1) is 7.74. The van der Waals surface area contributed by atoms with Crippen LogP contribution in [0, 0.1) is 17.5 Å². The number of nitrogens with two attached hydrogens (primary N) is 1. The van der Waals surface area contributed by atoms with Gasteiger partial charge in [0.2, 0.25) is 0 Å². The van der Waals surface area contributed by atoms with Crippen molar-refractivity contribution in [1.29, 1.82) is 0 Å². The van der Waals surface area contributed by atoms with Crippen LogP contribution in [0.2, 0.25) is 0 Å². The number of aliphatic carboxylic acids is 1. The van der Waals surface area contributed by atoms with Crippen molar-refractivity contribution in [2.45, 2.75) is 25.3 Å². The summed E-state index contributed by atoms with van der Waals surface area (Å²) in [6, 6.07) is 1.06. The van der Waals surface area contributed by atoms with Crippen LogP contribution in [0.1, 0.15) is 25.3 Å². The molecule has 0 aliphatic carbocycles. The van der Waals surface area contributed by atoms with E-state index in [0.717, 1.165) is 0 Å².